The first kappa shape index (κ1) is 17.2. The molecule has 0 aromatic carbocycles. The second-order valence-corrected chi connectivity index (χ2v) is 6.96. The van der Waals surface area contributed by atoms with E-state index in [9.17, 15) is 13.2 Å². The van der Waals surface area contributed by atoms with Crippen molar-refractivity contribution in [2.24, 2.45) is 5.73 Å². The molecule has 0 bridgehead atoms. The normalized spacial score (nSPS) is 18.5. The molecule has 118 valence electrons. The van der Waals surface area contributed by atoms with Crippen LogP contribution in [-0.4, -0.2) is 43.5 Å². The van der Waals surface area contributed by atoms with Crippen LogP contribution in [0.25, 0.3) is 0 Å². The summed E-state index contributed by atoms with van der Waals surface area (Å²) in [7, 11) is -3.94. The first-order chi connectivity index (χ1) is 9.27. The Morgan fingerprint density at radius 1 is 1.40 bits per heavy atom. The average molecular weight is 307 g/mol. The maximum Gasteiger partial charge on any atom is 0.422 e. The van der Waals surface area contributed by atoms with Crippen LogP contribution in [0.15, 0.2) is 0 Å². The molecule has 1 aliphatic rings. The number of hydrogen-bond donors (Lipinski definition) is 2. The van der Waals surface area contributed by atoms with Crippen molar-refractivity contribution in [3.8, 4) is 0 Å². The third-order valence-corrected chi connectivity index (χ3v) is 5.23. The van der Waals surface area contributed by atoms with Crippen molar-refractivity contribution in [1.82, 2.24) is 9.03 Å². The topological polar surface area (TPSA) is 102 Å². The van der Waals surface area contributed by atoms with Crippen LogP contribution in [0.2, 0.25) is 0 Å². The van der Waals surface area contributed by atoms with Crippen molar-refractivity contribution in [2.75, 3.05) is 13.1 Å². The summed E-state index contributed by atoms with van der Waals surface area (Å²) in [6.07, 6.45) is 1.99. The number of nitrogens with two attached hydrogens (primary N) is 1. The fourth-order valence-corrected chi connectivity index (χ4v) is 4.22. The number of hydrogen-bond acceptors (Lipinski definition) is 5. The molecular weight excluding hydrogens is 282 g/mol. The zero-order chi connectivity index (χ0) is 15.4. The maximum atomic E-state index is 12.4. The van der Waals surface area contributed by atoms with Gasteiger partial charge < -0.3 is 10.5 Å². The van der Waals surface area contributed by atoms with Crippen LogP contribution in [0.4, 0.5) is 4.79 Å². The smallest absolute Gasteiger partial charge is 0.422 e. The van der Waals surface area contributed by atoms with E-state index < -0.39 is 21.8 Å². The number of carbonyl (C=O) groups is 1. The predicted octanol–water partition coefficient (Wildman–Crippen LogP) is 0.959. The third kappa shape index (κ3) is 3.83. The SMILES string of the molecule is CCN(C1(CN)CCCC1)S(=O)(=O)NC(=O)OC(C)C. The number of rotatable bonds is 6. The molecule has 8 heteroatoms. The highest BCUT2D eigenvalue weighted by Crippen LogP contribution is 2.35. The van der Waals surface area contributed by atoms with Gasteiger partial charge in [0, 0.05) is 18.6 Å². The van der Waals surface area contributed by atoms with Crippen LogP contribution in [0.1, 0.15) is 46.5 Å². The molecule has 1 amide bonds. The van der Waals surface area contributed by atoms with E-state index in [0.717, 1.165) is 25.7 Å². The standard InChI is InChI=1S/C12H25N3O4S/c1-4-15(12(9-13)7-5-6-8-12)20(17,18)14-11(16)19-10(2)3/h10H,4-9,13H2,1-3H3,(H,14,16). The average Bonchev–Trinajstić information content (AvgIpc) is 2.77. The van der Waals surface area contributed by atoms with Crippen LogP contribution in [0, 0.1) is 0 Å². The minimum Gasteiger partial charge on any atom is -0.446 e. The molecule has 0 saturated heterocycles. The second-order valence-electron chi connectivity index (χ2n) is 5.36. The molecule has 0 heterocycles. The summed E-state index contributed by atoms with van der Waals surface area (Å²) in [5.41, 5.74) is 5.22. The molecule has 0 spiro atoms. The fourth-order valence-electron chi connectivity index (χ4n) is 2.75. The molecule has 0 unspecified atom stereocenters. The van der Waals surface area contributed by atoms with Crippen LogP contribution in [0.5, 0.6) is 0 Å². The Morgan fingerprint density at radius 2 is 1.95 bits per heavy atom. The molecular formula is C12H25N3O4S. The first-order valence-corrected chi connectivity index (χ1v) is 8.42. The Hall–Kier alpha value is -0.860. The van der Waals surface area contributed by atoms with Gasteiger partial charge in [0.1, 0.15) is 0 Å². The van der Waals surface area contributed by atoms with Crippen molar-refractivity contribution in [3.63, 3.8) is 0 Å². The van der Waals surface area contributed by atoms with Gasteiger partial charge in [-0.3, -0.25) is 0 Å². The number of nitrogens with zero attached hydrogens (tertiary/aromatic N) is 1. The Balaban J connectivity index is 2.89. The van der Waals surface area contributed by atoms with E-state index in [1.807, 2.05) is 4.72 Å². The highest BCUT2D eigenvalue weighted by atomic mass is 32.2. The van der Waals surface area contributed by atoms with Gasteiger partial charge in [-0.1, -0.05) is 19.8 Å². The van der Waals surface area contributed by atoms with Gasteiger partial charge in [0.2, 0.25) is 0 Å². The summed E-state index contributed by atoms with van der Waals surface area (Å²) in [6.45, 7) is 5.56. The molecule has 0 aliphatic heterocycles. The molecule has 20 heavy (non-hydrogen) atoms. The summed E-state index contributed by atoms with van der Waals surface area (Å²) in [4.78, 5) is 11.5. The van der Waals surface area contributed by atoms with Crippen molar-refractivity contribution in [2.45, 2.75) is 58.1 Å². The Bertz CT molecular complexity index is 430. The highest BCUT2D eigenvalue weighted by molar-refractivity contribution is 7.87. The van der Waals surface area contributed by atoms with E-state index in [4.69, 9.17) is 10.5 Å². The molecule has 0 aromatic rings. The zero-order valence-electron chi connectivity index (χ0n) is 12.4. The Kier molecular flexibility index (Phi) is 5.79. The molecule has 3 N–H and O–H groups in total. The molecule has 1 fully saturated rings. The quantitative estimate of drug-likeness (QED) is 0.761. The summed E-state index contributed by atoms with van der Waals surface area (Å²) in [6, 6.07) is 0. The summed E-state index contributed by atoms with van der Waals surface area (Å²) >= 11 is 0. The van der Waals surface area contributed by atoms with Crippen molar-refractivity contribution in [1.29, 1.82) is 0 Å². The van der Waals surface area contributed by atoms with Crippen molar-refractivity contribution >= 4 is 16.3 Å². The van der Waals surface area contributed by atoms with E-state index in [1.54, 1.807) is 20.8 Å². The number of carbonyl (C=O) groups excluding carboxylic acids is 1. The lowest BCUT2D eigenvalue weighted by molar-refractivity contribution is 0.120. The van der Waals surface area contributed by atoms with Crippen molar-refractivity contribution < 1.29 is 17.9 Å². The first-order valence-electron chi connectivity index (χ1n) is 6.98. The van der Waals surface area contributed by atoms with Gasteiger partial charge in [-0.2, -0.15) is 12.7 Å². The van der Waals surface area contributed by atoms with Gasteiger partial charge in [-0.25, -0.2) is 9.52 Å². The minimum atomic E-state index is -3.94. The molecule has 1 rings (SSSR count). The number of nitrogens with one attached hydrogen (secondary N) is 1. The van der Waals surface area contributed by atoms with Crippen LogP contribution >= 0.6 is 0 Å². The lowest BCUT2D eigenvalue weighted by Crippen LogP contribution is -2.58. The van der Waals surface area contributed by atoms with E-state index >= 15 is 0 Å². The van der Waals surface area contributed by atoms with Gasteiger partial charge in [0.15, 0.2) is 0 Å². The van der Waals surface area contributed by atoms with E-state index in [0.29, 0.717) is 0 Å². The second kappa shape index (κ2) is 6.73. The van der Waals surface area contributed by atoms with Crippen LogP contribution in [0.3, 0.4) is 0 Å². The number of likely N-dealkylation sites (N-methyl/N-ethyl adjacent to an activating group) is 1. The summed E-state index contributed by atoms with van der Waals surface area (Å²) in [5, 5.41) is 0. The molecule has 0 radical (unpaired) electrons. The Labute approximate surface area is 121 Å². The molecule has 1 aliphatic carbocycles. The molecule has 1 saturated carbocycles. The monoisotopic (exact) mass is 307 g/mol. The number of ether oxygens (including phenoxy) is 1. The van der Waals surface area contributed by atoms with Crippen molar-refractivity contribution in [3.05, 3.63) is 0 Å². The van der Waals surface area contributed by atoms with Gasteiger partial charge in [-0.05, 0) is 26.7 Å². The van der Waals surface area contributed by atoms with Crippen LogP contribution in [-0.2, 0) is 14.9 Å². The largest absolute Gasteiger partial charge is 0.446 e. The summed E-state index contributed by atoms with van der Waals surface area (Å²) in [5.74, 6) is 0. The van der Waals surface area contributed by atoms with E-state index in [1.165, 1.54) is 4.31 Å². The minimum absolute atomic E-state index is 0.251. The lowest BCUT2D eigenvalue weighted by Gasteiger charge is -2.38. The van der Waals surface area contributed by atoms with E-state index in [-0.39, 0.29) is 19.2 Å². The third-order valence-electron chi connectivity index (χ3n) is 3.58. The van der Waals surface area contributed by atoms with Gasteiger partial charge in [0.05, 0.1) is 6.10 Å². The molecule has 0 atom stereocenters. The molecule has 0 aromatic heterocycles. The zero-order valence-corrected chi connectivity index (χ0v) is 13.2. The Morgan fingerprint density at radius 3 is 2.35 bits per heavy atom. The number of amides is 1. The maximum absolute atomic E-state index is 12.4. The van der Waals surface area contributed by atoms with E-state index in [2.05, 4.69) is 0 Å². The molecule has 7 nitrogen and oxygen atoms in total. The predicted molar refractivity (Wildman–Crippen MR) is 76.3 cm³/mol. The summed E-state index contributed by atoms with van der Waals surface area (Å²) < 4.78 is 32.8. The van der Waals surface area contributed by atoms with Crippen LogP contribution < -0.4 is 10.5 Å². The van der Waals surface area contributed by atoms with Gasteiger partial charge >= 0.3 is 16.3 Å². The van der Waals surface area contributed by atoms with Gasteiger partial charge in [-0.15, -0.1) is 0 Å². The fraction of sp³-hybridized carbons (Fsp3) is 0.917. The highest BCUT2D eigenvalue weighted by Gasteiger charge is 2.44. The van der Waals surface area contributed by atoms with Gasteiger partial charge in [0.25, 0.3) is 0 Å². The lowest BCUT2D eigenvalue weighted by atomic mass is 9.98.